The van der Waals surface area contributed by atoms with Crippen molar-refractivity contribution in [3.8, 4) is 23.0 Å². The fourth-order valence-electron chi connectivity index (χ4n) is 1.63. The van der Waals surface area contributed by atoms with Gasteiger partial charge in [0.05, 0.1) is 4.47 Å². The number of benzene rings is 2. The van der Waals surface area contributed by atoms with Crippen molar-refractivity contribution in [3.05, 3.63) is 41.1 Å². The van der Waals surface area contributed by atoms with Crippen LogP contribution in [0.1, 0.15) is 0 Å². The second-order valence-electron chi connectivity index (χ2n) is 3.73. The minimum atomic E-state index is 0.467. The van der Waals surface area contributed by atoms with Crippen molar-refractivity contribution in [3.63, 3.8) is 0 Å². The van der Waals surface area contributed by atoms with Gasteiger partial charge in [-0.3, -0.25) is 0 Å². The lowest BCUT2D eigenvalue weighted by atomic mass is 10.2. The molecule has 98 valence electrons. The van der Waals surface area contributed by atoms with Gasteiger partial charge in [-0.2, -0.15) is 0 Å². The van der Waals surface area contributed by atoms with Crippen LogP contribution in [-0.4, -0.2) is 0 Å². The van der Waals surface area contributed by atoms with Crippen LogP contribution >= 0.6 is 75.3 Å². The first-order chi connectivity index (χ1) is 8.97. The smallest absolute Gasteiger partial charge is 0.189 e. The molecule has 0 saturated heterocycles. The summed E-state index contributed by atoms with van der Waals surface area (Å²) in [6.07, 6.45) is 0. The first-order valence-corrected chi connectivity index (χ1v) is 8.54. The van der Waals surface area contributed by atoms with Crippen molar-refractivity contribution >= 4 is 75.3 Å². The Bertz CT molecular complexity index is 703. The SMILES string of the molecule is Clc1c(Br)c(Br)cc2c1Oc1cc(Br)c(Br)cc1O2. The molecule has 3 rings (SSSR count). The molecule has 1 heterocycles. The molecule has 2 aromatic carbocycles. The Labute approximate surface area is 147 Å². The predicted molar refractivity (Wildman–Crippen MR) is 88.8 cm³/mol. The van der Waals surface area contributed by atoms with Crippen LogP contribution in [-0.2, 0) is 0 Å². The average Bonchev–Trinajstić information content (AvgIpc) is 2.37. The summed E-state index contributed by atoms with van der Waals surface area (Å²) in [6, 6.07) is 5.48. The molecule has 0 amide bonds. The van der Waals surface area contributed by atoms with Crippen LogP contribution in [0.5, 0.6) is 23.0 Å². The number of halogens is 5. The van der Waals surface area contributed by atoms with Crippen molar-refractivity contribution < 1.29 is 9.47 Å². The van der Waals surface area contributed by atoms with E-state index in [1.165, 1.54) is 0 Å². The van der Waals surface area contributed by atoms with Gasteiger partial charge in [0.1, 0.15) is 5.02 Å². The van der Waals surface area contributed by atoms with Crippen molar-refractivity contribution in [1.29, 1.82) is 0 Å². The summed E-state index contributed by atoms with van der Waals surface area (Å²) < 4.78 is 14.9. The summed E-state index contributed by atoms with van der Waals surface area (Å²) >= 11 is 19.9. The number of hydrogen-bond acceptors (Lipinski definition) is 2. The molecule has 7 heteroatoms. The third kappa shape index (κ3) is 2.46. The van der Waals surface area contributed by atoms with Gasteiger partial charge < -0.3 is 9.47 Å². The van der Waals surface area contributed by atoms with E-state index in [1.54, 1.807) is 0 Å². The average molecular weight is 534 g/mol. The standard InChI is InChI=1S/C12H3Br4ClO2/c13-4-1-7-8(2-5(4)14)19-12-9(18-7)3-6(15)10(16)11(12)17/h1-3H. The lowest BCUT2D eigenvalue weighted by Gasteiger charge is -2.23. The van der Waals surface area contributed by atoms with E-state index in [9.17, 15) is 0 Å². The van der Waals surface area contributed by atoms with Crippen molar-refractivity contribution in [1.82, 2.24) is 0 Å². The zero-order valence-electron chi connectivity index (χ0n) is 8.94. The van der Waals surface area contributed by atoms with Crippen LogP contribution in [0.3, 0.4) is 0 Å². The zero-order valence-corrected chi connectivity index (χ0v) is 16.0. The fourth-order valence-corrected chi connectivity index (χ4v) is 3.32. The van der Waals surface area contributed by atoms with Crippen LogP contribution in [0.25, 0.3) is 0 Å². The van der Waals surface area contributed by atoms with E-state index in [4.69, 9.17) is 21.1 Å². The number of hydrogen-bond donors (Lipinski definition) is 0. The molecular weight excluding hydrogens is 531 g/mol. The molecule has 1 aliphatic rings. The van der Waals surface area contributed by atoms with Crippen molar-refractivity contribution in [2.75, 3.05) is 0 Å². The molecular formula is C12H3Br4ClO2. The molecule has 0 bridgehead atoms. The Morgan fingerprint density at radius 2 is 1.26 bits per heavy atom. The van der Waals surface area contributed by atoms with Crippen molar-refractivity contribution in [2.24, 2.45) is 0 Å². The highest BCUT2D eigenvalue weighted by Gasteiger charge is 2.25. The minimum absolute atomic E-state index is 0.467. The quantitative estimate of drug-likeness (QED) is 0.282. The fraction of sp³-hybridized carbons (Fsp3) is 0. The molecule has 1 aliphatic heterocycles. The van der Waals surface area contributed by atoms with E-state index in [2.05, 4.69) is 63.7 Å². The number of rotatable bonds is 0. The molecule has 2 nitrogen and oxygen atoms in total. The van der Waals surface area contributed by atoms with Crippen molar-refractivity contribution in [2.45, 2.75) is 0 Å². The van der Waals surface area contributed by atoms with Gasteiger partial charge in [0, 0.05) is 31.6 Å². The third-order valence-corrected chi connectivity index (χ3v) is 6.92. The van der Waals surface area contributed by atoms with Crippen LogP contribution < -0.4 is 9.47 Å². The Hall–Kier alpha value is 0.250. The molecule has 0 N–H and O–H groups in total. The molecule has 0 saturated carbocycles. The van der Waals surface area contributed by atoms with Gasteiger partial charge in [0.25, 0.3) is 0 Å². The van der Waals surface area contributed by atoms with Crippen LogP contribution in [0.15, 0.2) is 36.1 Å². The highest BCUT2D eigenvalue weighted by molar-refractivity contribution is 9.13. The van der Waals surface area contributed by atoms with Gasteiger partial charge in [0.2, 0.25) is 0 Å². The topological polar surface area (TPSA) is 18.5 Å². The minimum Gasteiger partial charge on any atom is -0.449 e. The van der Waals surface area contributed by atoms with Crippen LogP contribution in [0.2, 0.25) is 5.02 Å². The van der Waals surface area contributed by atoms with E-state index in [1.807, 2.05) is 18.2 Å². The Balaban J connectivity index is 2.17. The van der Waals surface area contributed by atoms with Gasteiger partial charge in [-0.25, -0.2) is 0 Å². The first kappa shape index (κ1) is 14.2. The third-order valence-electron chi connectivity index (χ3n) is 2.50. The molecule has 19 heavy (non-hydrogen) atoms. The Kier molecular flexibility index (Phi) is 3.90. The maximum atomic E-state index is 6.25. The van der Waals surface area contributed by atoms with E-state index in [-0.39, 0.29) is 0 Å². The highest BCUT2D eigenvalue weighted by Crippen LogP contribution is 2.53. The Morgan fingerprint density at radius 3 is 1.89 bits per heavy atom. The van der Waals surface area contributed by atoms with Crippen LogP contribution in [0, 0.1) is 0 Å². The largest absolute Gasteiger partial charge is 0.449 e. The van der Waals surface area contributed by atoms with Gasteiger partial charge in [-0.1, -0.05) is 11.6 Å². The summed E-state index contributed by atoms with van der Waals surface area (Å²) in [4.78, 5) is 0. The first-order valence-electron chi connectivity index (χ1n) is 4.99. The highest BCUT2D eigenvalue weighted by atomic mass is 79.9. The molecule has 0 aliphatic carbocycles. The lowest BCUT2D eigenvalue weighted by molar-refractivity contribution is 0.358. The summed E-state index contributed by atoms with van der Waals surface area (Å²) in [6.45, 7) is 0. The molecule has 2 aromatic rings. The monoisotopic (exact) mass is 530 g/mol. The zero-order chi connectivity index (χ0) is 13.7. The maximum absolute atomic E-state index is 6.25. The molecule has 0 aromatic heterocycles. The Morgan fingerprint density at radius 1 is 0.737 bits per heavy atom. The van der Waals surface area contributed by atoms with Gasteiger partial charge in [-0.15, -0.1) is 0 Å². The summed E-state index contributed by atoms with van der Waals surface area (Å²) in [5, 5.41) is 0.467. The predicted octanol–water partition coefficient (Wildman–Crippen LogP) is 7.29. The number of fused-ring (bicyclic) bond motifs is 2. The second-order valence-corrected chi connectivity index (χ2v) is 7.46. The molecule has 0 spiro atoms. The van der Waals surface area contributed by atoms with E-state index >= 15 is 0 Å². The molecule has 0 radical (unpaired) electrons. The summed E-state index contributed by atoms with van der Waals surface area (Å²) in [5.74, 6) is 2.31. The second kappa shape index (κ2) is 5.22. The summed E-state index contributed by atoms with van der Waals surface area (Å²) in [5.41, 5.74) is 0. The molecule has 0 unspecified atom stereocenters. The van der Waals surface area contributed by atoms with E-state index in [0.717, 1.165) is 17.9 Å². The molecule has 0 fully saturated rings. The van der Waals surface area contributed by atoms with Crippen LogP contribution in [0.4, 0.5) is 0 Å². The maximum Gasteiger partial charge on any atom is 0.189 e. The lowest BCUT2D eigenvalue weighted by Crippen LogP contribution is -2.00. The van der Waals surface area contributed by atoms with E-state index in [0.29, 0.717) is 28.0 Å². The molecule has 0 atom stereocenters. The normalized spacial score (nSPS) is 12.3. The van der Waals surface area contributed by atoms with Gasteiger partial charge >= 0.3 is 0 Å². The van der Waals surface area contributed by atoms with Gasteiger partial charge in [-0.05, 0) is 63.7 Å². The van der Waals surface area contributed by atoms with Gasteiger partial charge in [0.15, 0.2) is 23.0 Å². The van der Waals surface area contributed by atoms with E-state index < -0.39 is 0 Å². The number of ether oxygens (including phenoxy) is 2. The summed E-state index contributed by atoms with van der Waals surface area (Å²) in [7, 11) is 0.